The van der Waals surface area contributed by atoms with Crippen molar-refractivity contribution >= 4 is 12.2 Å². The Morgan fingerprint density at radius 2 is 2.00 bits per heavy atom. The minimum atomic E-state index is 0.389. The molecule has 1 atom stereocenters. The minimum Gasteiger partial charge on any atom is -0.346 e. The van der Waals surface area contributed by atoms with Crippen molar-refractivity contribution in [1.82, 2.24) is 9.97 Å². The highest BCUT2D eigenvalue weighted by Gasteiger charge is 2.27. The number of fused-ring (bicyclic) bond motifs is 1. The number of hydrogen-bond acceptors (Lipinski definition) is 2. The smallest absolute Gasteiger partial charge is 0.130 e. The summed E-state index contributed by atoms with van der Waals surface area (Å²) in [6.07, 6.45) is 6.17. The molecular weight excluding hydrogens is 264 g/mol. The van der Waals surface area contributed by atoms with E-state index in [0.717, 1.165) is 10.5 Å². The fourth-order valence-corrected chi connectivity index (χ4v) is 3.54. The van der Waals surface area contributed by atoms with Crippen LogP contribution in [-0.2, 0) is 6.42 Å². The van der Waals surface area contributed by atoms with Crippen LogP contribution in [0.4, 0.5) is 0 Å². The lowest BCUT2D eigenvalue weighted by Crippen LogP contribution is -2.14. The lowest BCUT2D eigenvalue weighted by molar-refractivity contribution is 0.586. The quantitative estimate of drug-likeness (QED) is 0.822. The lowest BCUT2D eigenvalue weighted by atomic mass is 9.82. The molecule has 0 radical (unpaired) electrons. The Morgan fingerprint density at radius 1 is 1.15 bits per heavy atom. The van der Waals surface area contributed by atoms with Gasteiger partial charge in [-0.15, -0.1) is 0 Å². The van der Waals surface area contributed by atoms with E-state index in [9.17, 15) is 0 Å². The van der Waals surface area contributed by atoms with E-state index in [1.54, 1.807) is 0 Å². The van der Waals surface area contributed by atoms with Crippen molar-refractivity contribution in [2.24, 2.45) is 0 Å². The second kappa shape index (κ2) is 4.81. The fourth-order valence-electron chi connectivity index (χ4n) is 3.31. The Bertz CT molecular complexity index is 700. The number of hydrogen-bond donors (Lipinski definition) is 1. The van der Waals surface area contributed by atoms with E-state index in [0.29, 0.717) is 11.8 Å². The van der Waals surface area contributed by atoms with Gasteiger partial charge in [0.05, 0.1) is 0 Å². The third-order valence-corrected chi connectivity index (χ3v) is 4.71. The molecule has 1 unspecified atom stereocenters. The highest BCUT2D eigenvalue weighted by Crippen LogP contribution is 2.40. The Balaban J connectivity index is 1.80. The van der Waals surface area contributed by atoms with E-state index in [1.165, 1.54) is 48.9 Å². The Morgan fingerprint density at radius 3 is 2.85 bits per heavy atom. The van der Waals surface area contributed by atoms with Crippen molar-refractivity contribution in [3.8, 4) is 0 Å². The van der Waals surface area contributed by atoms with Gasteiger partial charge in [-0.05, 0) is 55.2 Å². The standard InChI is InChI=1S/C17H18N2S/c20-16-10-15(12-8-9-12)18-17(19-16)14-7-3-5-11-4-1-2-6-13(11)14/h1-2,4,6,10,12,14H,3,5,7-9H2,(H,18,19,20). The molecule has 2 nitrogen and oxygen atoms in total. The average molecular weight is 282 g/mol. The van der Waals surface area contributed by atoms with Crippen LogP contribution < -0.4 is 0 Å². The molecule has 3 heteroatoms. The van der Waals surface area contributed by atoms with Gasteiger partial charge in [0.15, 0.2) is 0 Å². The van der Waals surface area contributed by atoms with Gasteiger partial charge in [-0.3, -0.25) is 0 Å². The normalized spacial score (nSPS) is 21.5. The first-order chi connectivity index (χ1) is 9.81. The number of nitrogens with one attached hydrogen (secondary N) is 1. The van der Waals surface area contributed by atoms with Crippen molar-refractivity contribution in [3.05, 3.63) is 57.6 Å². The maximum atomic E-state index is 5.37. The lowest BCUT2D eigenvalue weighted by Gasteiger charge is -2.25. The molecule has 2 aromatic rings. The number of aromatic nitrogens is 2. The number of rotatable bonds is 2. The summed E-state index contributed by atoms with van der Waals surface area (Å²) in [5.74, 6) is 2.16. The monoisotopic (exact) mass is 282 g/mol. The zero-order valence-corrected chi connectivity index (χ0v) is 12.2. The Kier molecular flexibility index (Phi) is 2.95. The van der Waals surface area contributed by atoms with Crippen molar-refractivity contribution in [1.29, 1.82) is 0 Å². The largest absolute Gasteiger partial charge is 0.346 e. The van der Waals surface area contributed by atoms with Crippen LogP contribution in [0.15, 0.2) is 30.3 Å². The first kappa shape index (κ1) is 12.3. The molecule has 0 aliphatic heterocycles. The topological polar surface area (TPSA) is 28.7 Å². The first-order valence-corrected chi connectivity index (χ1v) is 7.91. The second-order valence-electron chi connectivity index (χ2n) is 5.98. The minimum absolute atomic E-state index is 0.389. The molecule has 2 aliphatic carbocycles. The highest BCUT2D eigenvalue weighted by atomic mass is 32.1. The molecule has 0 bridgehead atoms. The summed E-state index contributed by atoms with van der Waals surface area (Å²) in [7, 11) is 0. The SMILES string of the molecule is S=c1cc(C2CC2)[nH]c(C2CCCc3ccccc32)n1. The van der Waals surface area contributed by atoms with Crippen molar-refractivity contribution in [2.45, 2.75) is 43.9 Å². The molecule has 20 heavy (non-hydrogen) atoms. The van der Waals surface area contributed by atoms with Crippen LogP contribution in [0.25, 0.3) is 0 Å². The van der Waals surface area contributed by atoms with Gasteiger partial charge < -0.3 is 4.98 Å². The fraction of sp³-hybridized carbons (Fsp3) is 0.412. The van der Waals surface area contributed by atoms with Crippen LogP contribution in [0.5, 0.6) is 0 Å². The Labute approximate surface area is 124 Å². The summed E-state index contributed by atoms with van der Waals surface area (Å²) in [5.41, 5.74) is 4.20. The van der Waals surface area contributed by atoms with Crippen LogP contribution in [0, 0.1) is 4.64 Å². The molecule has 0 amide bonds. The summed E-state index contributed by atoms with van der Waals surface area (Å²) in [6.45, 7) is 0. The van der Waals surface area contributed by atoms with E-state index in [1.807, 2.05) is 6.07 Å². The van der Waals surface area contributed by atoms with Gasteiger partial charge in [0.2, 0.25) is 0 Å². The van der Waals surface area contributed by atoms with Crippen LogP contribution in [0.1, 0.15) is 60.2 Å². The zero-order valence-electron chi connectivity index (χ0n) is 11.4. The first-order valence-electron chi connectivity index (χ1n) is 7.50. The summed E-state index contributed by atoms with van der Waals surface area (Å²) in [5, 5.41) is 0. The van der Waals surface area contributed by atoms with Gasteiger partial charge in [0, 0.05) is 11.6 Å². The average Bonchev–Trinajstić information content (AvgIpc) is 3.30. The molecule has 1 fully saturated rings. The predicted molar refractivity (Wildman–Crippen MR) is 82.6 cm³/mol. The van der Waals surface area contributed by atoms with E-state index in [2.05, 4.69) is 34.2 Å². The number of aryl methyl sites for hydroxylation is 1. The van der Waals surface area contributed by atoms with Crippen LogP contribution in [0.3, 0.4) is 0 Å². The molecule has 0 spiro atoms. The molecule has 1 N–H and O–H groups in total. The zero-order chi connectivity index (χ0) is 13.5. The van der Waals surface area contributed by atoms with Gasteiger partial charge in [0.1, 0.15) is 10.5 Å². The number of H-pyrrole nitrogens is 1. The van der Waals surface area contributed by atoms with Crippen molar-refractivity contribution in [2.75, 3.05) is 0 Å². The van der Waals surface area contributed by atoms with Crippen molar-refractivity contribution < 1.29 is 0 Å². The van der Waals surface area contributed by atoms with Crippen LogP contribution in [-0.4, -0.2) is 9.97 Å². The van der Waals surface area contributed by atoms with E-state index in [4.69, 9.17) is 12.2 Å². The molecule has 0 saturated heterocycles. The molecule has 1 heterocycles. The van der Waals surface area contributed by atoms with Gasteiger partial charge in [0.25, 0.3) is 0 Å². The molecule has 1 saturated carbocycles. The summed E-state index contributed by atoms with van der Waals surface area (Å²) in [6, 6.07) is 10.8. The summed E-state index contributed by atoms with van der Waals surface area (Å²) in [4.78, 5) is 8.21. The number of aromatic amines is 1. The van der Waals surface area contributed by atoms with Gasteiger partial charge in [-0.1, -0.05) is 36.5 Å². The maximum Gasteiger partial charge on any atom is 0.130 e. The molecule has 1 aromatic heterocycles. The van der Waals surface area contributed by atoms with Gasteiger partial charge in [-0.2, -0.15) is 0 Å². The third kappa shape index (κ3) is 2.20. The van der Waals surface area contributed by atoms with Gasteiger partial charge >= 0.3 is 0 Å². The van der Waals surface area contributed by atoms with E-state index in [-0.39, 0.29) is 0 Å². The molecule has 2 aliphatic rings. The van der Waals surface area contributed by atoms with E-state index < -0.39 is 0 Å². The van der Waals surface area contributed by atoms with Gasteiger partial charge in [-0.25, -0.2) is 4.98 Å². The Hall–Kier alpha value is -1.48. The molecule has 4 rings (SSSR count). The summed E-state index contributed by atoms with van der Waals surface area (Å²) < 4.78 is 0.740. The third-order valence-electron chi connectivity index (χ3n) is 4.50. The predicted octanol–water partition coefficient (Wildman–Crippen LogP) is 4.48. The number of benzene rings is 1. The highest BCUT2D eigenvalue weighted by molar-refractivity contribution is 7.71. The van der Waals surface area contributed by atoms with Crippen LogP contribution in [0.2, 0.25) is 0 Å². The molecule has 1 aromatic carbocycles. The number of nitrogens with zero attached hydrogens (tertiary/aromatic N) is 1. The van der Waals surface area contributed by atoms with Crippen LogP contribution >= 0.6 is 12.2 Å². The maximum absolute atomic E-state index is 5.37. The molecular formula is C17H18N2S. The summed E-state index contributed by atoms with van der Waals surface area (Å²) >= 11 is 5.37. The second-order valence-corrected chi connectivity index (χ2v) is 6.40. The molecule has 102 valence electrons. The van der Waals surface area contributed by atoms with Crippen molar-refractivity contribution in [3.63, 3.8) is 0 Å². The van der Waals surface area contributed by atoms with E-state index >= 15 is 0 Å².